The second-order valence-corrected chi connectivity index (χ2v) is 5.52. The van der Waals surface area contributed by atoms with E-state index < -0.39 is 5.91 Å². The summed E-state index contributed by atoms with van der Waals surface area (Å²) in [5.41, 5.74) is 14.4. The van der Waals surface area contributed by atoms with Crippen molar-refractivity contribution in [1.82, 2.24) is 4.98 Å². The molecule has 4 N–H and O–H groups in total. The first-order chi connectivity index (χ1) is 10.5. The van der Waals surface area contributed by atoms with Crippen LogP contribution in [0.4, 0.5) is 5.82 Å². The third-order valence-electron chi connectivity index (χ3n) is 3.68. The molecule has 2 aromatic carbocycles. The number of nitrogens with zero attached hydrogens (tertiary/aromatic N) is 1. The summed E-state index contributed by atoms with van der Waals surface area (Å²) in [6, 6.07) is 11.4. The molecule has 1 heterocycles. The van der Waals surface area contributed by atoms with Crippen LogP contribution < -0.4 is 11.5 Å². The van der Waals surface area contributed by atoms with Gasteiger partial charge in [-0.3, -0.25) is 4.79 Å². The minimum atomic E-state index is -0.586. The summed E-state index contributed by atoms with van der Waals surface area (Å²) in [5.74, 6) is -0.445. The SMILES string of the molecule is Cc1cccc(Cl)c1-c1ccc2c(C(N)=O)c(N)ncc2c1. The molecule has 3 rings (SSSR count). The van der Waals surface area contributed by atoms with Crippen LogP contribution in [0.25, 0.3) is 21.9 Å². The van der Waals surface area contributed by atoms with E-state index in [9.17, 15) is 4.79 Å². The first-order valence-electron chi connectivity index (χ1n) is 6.72. The standard InChI is InChI=1S/C17H14ClN3O/c1-9-3-2-4-13(18)14(9)10-5-6-12-11(7-10)8-21-16(19)15(12)17(20)22/h2-8H,1H3,(H2,19,21)(H2,20,22). The second-order valence-electron chi connectivity index (χ2n) is 5.12. The van der Waals surface area contributed by atoms with Crippen LogP contribution in [-0.4, -0.2) is 10.9 Å². The number of anilines is 1. The average molecular weight is 312 g/mol. The number of fused-ring (bicyclic) bond motifs is 1. The van der Waals surface area contributed by atoms with Crippen LogP contribution in [-0.2, 0) is 0 Å². The zero-order chi connectivity index (χ0) is 15.9. The molecule has 4 nitrogen and oxygen atoms in total. The normalized spacial score (nSPS) is 10.8. The van der Waals surface area contributed by atoms with Crippen molar-refractivity contribution in [3.8, 4) is 11.1 Å². The largest absolute Gasteiger partial charge is 0.383 e. The zero-order valence-electron chi connectivity index (χ0n) is 11.9. The lowest BCUT2D eigenvalue weighted by molar-refractivity contribution is 0.100. The van der Waals surface area contributed by atoms with Gasteiger partial charge in [-0.15, -0.1) is 0 Å². The minimum absolute atomic E-state index is 0.140. The summed E-state index contributed by atoms with van der Waals surface area (Å²) in [7, 11) is 0. The Bertz CT molecular complexity index is 886. The molecule has 0 spiro atoms. The molecule has 0 aliphatic heterocycles. The highest BCUT2D eigenvalue weighted by molar-refractivity contribution is 6.33. The van der Waals surface area contributed by atoms with Crippen LogP contribution in [0, 0.1) is 6.92 Å². The van der Waals surface area contributed by atoms with Gasteiger partial charge in [0.1, 0.15) is 5.82 Å². The van der Waals surface area contributed by atoms with Crippen LogP contribution in [0.5, 0.6) is 0 Å². The molecule has 3 aromatic rings. The van der Waals surface area contributed by atoms with Gasteiger partial charge in [0.2, 0.25) is 0 Å². The van der Waals surface area contributed by atoms with E-state index >= 15 is 0 Å². The quantitative estimate of drug-likeness (QED) is 0.759. The number of benzene rings is 2. The number of nitrogens with two attached hydrogens (primary N) is 2. The van der Waals surface area contributed by atoms with Gasteiger partial charge in [0.15, 0.2) is 0 Å². The Kier molecular flexibility index (Phi) is 3.47. The Hall–Kier alpha value is -2.59. The smallest absolute Gasteiger partial charge is 0.253 e. The highest BCUT2D eigenvalue weighted by Crippen LogP contribution is 2.33. The third kappa shape index (κ3) is 2.27. The van der Waals surface area contributed by atoms with Crippen molar-refractivity contribution in [2.75, 3.05) is 5.73 Å². The second kappa shape index (κ2) is 5.31. The van der Waals surface area contributed by atoms with E-state index in [1.807, 2.05) is 43.3 Å². The van der Waals surface area contributed by atoms with Crippen molar-refractivity contribution in [2.24, 2.45) is 5.73 Å². The highest BCUT2D eigenvalue weighted by atomic mass is 35.5. The highest BCUT2D eigenvalue weighted by Gasteiger charge is 2.14. The van der Waals surface area contributed by atoms with Gasteiger partial charge >= 0.3 is 0 Å². The number of amides is 1. The van der Waals surface area contributed by atoms with Crippen molar-refractivity contribution in [1.29, 1.82) is 0 Å². The lowest BCUT2D eigenvalue weighted by Crippen LogP contribution is -2.15. The van der Waals surface area contributed by atoms with Gasteiger partial charge in [0.05, 0.1) is 5.56 Å². The molecule has 0 unspecified atom stereocenters. The molecular formula is C17H14ClN3O. The number of hydrogen-bond donors (Lipinski definition) is 2. The third-order valence-corrected chi connectivity index (χ3v) is 3.99. The number of aryl methyl sites for hydroxylation is 1. The van der Waals surface area contributed by atoms with Gasteiger partial charge in [-0.05, 0) is 35.6 Å². The van der Waals surface area contributed by atoms with E-state index in [-0.39, 0.29) is 11.4 Å². The number of carbonyl (C=O) groups is 1. The molecule has 1 aromatic heterocycles. The Morgan fingerprint density at radius 1 is 1.23 bits per heavy atom. The molecule has 0 aliphatic rings. The number of halogens is 1. The predicted molar refractivity (Wildman–Crippen MR) is 89.9 cm³/mol. The Morgan fingerprint density at radius 3 is 2.68 bits per heavy atom. The molecule has 0 saturated carbocycles. The van der Waals surface area contributed by atoms with Gasteiger partial charge in [0, 0.05) is 22.2 Å². The summed E-state index contributed by atoms with van der Waals surface area (Å²) in [5, 5.41) is 2.16. The number of carbonyl (C=O) groups excluding carboxylic acids is 1. The maximum atomic E-state index is 11.6. The van der Waals surface area contributed by atoms with Crippen molar-refractivity contribution in [3.63, 3.8) is 0 Å². The lowest BCUT2D eigenvalue weighted by atomic mass is 9.97. The maximum absolute atomic E-state index is 11.6. The topological polar surface area (TPSA) is 82.0 Å². The fourth-order valence-corrected chi connectivity index (χ4v) is 2.98. The fourth-order valence-electron chi connectivity index (χ4n) is 2.65. The molecule has 0 aliphatic carbocycles. The summed E-state index contributed by atoms with van der Waals surface area (Å²) >= 11 is 6.31. The molecule has 0 atom stereocenters. The van der Waals surface area contributed by atoms with Crippen LogP contribution >= 0.6 is 11.6 Å². The molecule has 0 saturated heterocycles. The van der Waals surface area contributed by atoms with E-state index in [1.54, 1.807) is 6.20 Å². The van der Waals surface area contributed by atoms with Crippen molar-refractivity contribution in [2.45, 2.75) is 6.92 Å². The number of rotatable bonds is 2. The minimum Gasteiger partial charge on any atom is -0.383 e. The predicted octanol–water partition coefficient (Wildman–Crippen LogP) is 3.54. The number of primary amides is 1. The number of nitrogen functional groups attached to an aromatic ring is 1. The molecule has 0 bridgehead atoms. The average Bonchev–Trinajstić information content (AvgIpc) is 2.46. The lowest BCUT2D eigenvalue weighted by Gasteiger charge is -2.11. The summed E-state index contributed by atoms with van der Waals surface area (Å²) in [4.78, 5) is 15.6. The van der Waals surface area contributed by atoms with Crippen LogP contribution in [0.2, 0.25) is 5.02 Å². The van der Waals surface area contributed by atoms with Gasteiger partial charge in [0.25, 0.3) is 5.91 Å². The van der Waals surface area contributed by atoms with E-state index in [4.69, 9.17) is 23.1 Å². The van der Waals surface area contributed by atoms with E-state index in [0.29, 0.717) is 10.4 Å². The van der Waals surface area contributed by atoms with Crippen molar-refractivity contribution >= 4 is 34.1 Å². The van der Waals surface area contributed by atoms with Crippen LogP contribution in [0.1, 0.15) is 15.9 Å². The van der Waals surface area contributed by atoms with Crippen LogP contribution in [0.15, 0.2) is 42.6 Å². The molecular weight excluding hydrogens is 298 g/mol. The number of hydrogen-bond acceptors (Lipinski definition) is 3. The number of aromatic nitrogens is 1. The summed E-state index contributed by atoms with van der Waals surface area (Å²) in [6.07, 6.45) is 1.63. The summed E-state index contributed by atoms with van der Waals surface area (Å²) in [6.45, 7) is 2.00. The van der Waals surface area contributed by atoms with Crippen molar-refractivity contribution in [3.05, 3.63) is 58.7 Å². The van der Waals surface area contributed by atoms with Gasteiger partial charge in [-0.25, -0.2) is 4.98 Å². The number of pyridine rings is 1. The first kappa shape index (κ1) is 14.4. The molecule has 0 radical (unpaired) electrons. The monoisotopic (exact) mass is 311 g/mol. The molecule has 0 fully saturated rings. The molecule has 110 valence electrons. The summed E-state index contributed by atoms with van der Waals surface area (Å²) < 4.78 is 0. The fraction of sp³-hybridized carbons (Fsp3) is 0.0588. The van der Waals surface area contributed by atoms with Crippen LogP contribution in [0.3, 0.4) is 0 Å². The van der Waals surface area contributed by atoms with E-state index in [0.717, 1.165) is 22.1 Å². The Balaban J connectivity index is 2.28. The zero-order valence-corrected chi connectivity index (χ0v) is 12.7. The first-order valence-corrected chi connectivity index (χ1v) is 7.10. The van der Waals surface area contributed by atoms with Gasteiger partial charge in [-0.2, -0.15) is 0 Å². The van der Waals surface area contributed by atoms with E-state index in [2.05, 4.69) is 4.98 Å². The van der Waals surface area contributed by atoms with Gasteiger partial charge < -0.3 is 11.5 Å². The Labute approximate surface area is 132 Å². The van der Waals surface area contributed by atoms with E-state index in [1.165, 1.54) is 0 Å². The maximum Gasteiger partial charge on any atom is 0.253 e. The van der Waals surface area contributed by atoms with Gasteiger partial charge in [-0.1, -0.05) is 35.9 Å². The molecule has 22 heavy (non-hydrogen) atoms. The molecule has 1 amide bonds. The molecule has 5 heteroatoms. The Morgan fingerprint density at radius 2 is 2.00 bits per heavy atom. The van der Waals surface area contributed by atoms with Crippen molar-refractivity contribution < 1.29 is 4.79 Å².